The third kappa shape index (κ3) is 4.29. The van der Waals surface area contributed by atoms with Crippen LogP contribution in [-0.4, -0.2) is 59.9 Å². The Hall–Kier alpha value is -3.46. The molecule has 9 heteroatoms. The Morgan fingerprint density at radius 2 is 1.66 bits per heavy atom. The minimum Gasteiger partial charge on any atom is -0.469 e. The molecule has 166 valence electrons. The van der Waals surface area contributed by atoms with Crippen LogP contribution >= 0.6 is 12.2 Å². The Labute approximate surface area is 190 Å². The van der Waals surface area contributed by atoms with Gasteiger partial charge in [0.1, 0.15) is 17.8 Å². The van der Waals surface area contributed by atoms with Gasteiger partial charge in [0, 0.05) is 25.2 Å². The number of hydrogen-bond donors (Lipinski definition) is 0. The first-order valence-corrected chi connectivity index (χ1v) is 10.5. The van der Waals surface area contributed by atoms with E-state index in [1.807, 2.05) is 6.07 Å². The number of hydrogen-bond acceptors (Lipinski definition) is 8. The van der Waals surface area contributed by atoms with Crippen LogP contribution in [0, 0.1) is 5.92 Å². The van der Waals surface area contributed by atoms with Crippen molar-refractivity contribution < 1.29 is 33.3 Å². The normalized spacial score (nSPS) is 23.9. The van der Waals surface area contributed by atoms with Crippen LogP contribution in [0.1, 0.15) is 16.8 Å². The number of amides is 1. The van der Waals surface area contributed by atoms with Gasteiger partial charge in [0.25, 0.3) is 5.91 Å². The Kier molecular flexibility index (Phi) is 6.36. The lowest BCUT2D eigenvalue weighted by atomic mass is 9.94. The number of para-hydroxylation sites is 1. The average molecular weight is 455 g/mol. The van der Waals surface area contributed by atoms with Crippen molar-refractivity contribution in [2.75, 3.05) is 13.7 Å². The predicted molar refractivity (Wildman–Crippen MR) is 116 cm³/mol. The summed E-state index contributed by atoms with van der Waals surface area (Å²) < 4.78 is 21.7. The summed E-state index contributed by atoms with van der Waals surface area (Å²) in [6, 6.07) is 16.5. The van der Waals surface area contributed by atoms with Gasteiger partial charge < -0.3 is 23.8 Å². The molecule has 1 amide bonds. The van der Waals surface area contributed by atoms with Gasteiger partial charge in [-0.3, -0.25) is 9.59 Å². The van der Waals surface area contributed by atoms with Gasteiger partial charge in [-0.1, -0.05) is 36.4 Å². The fourth-order valence-electron chi connectivity index (χ4n) is 4.11. The number of methoxy groups -OCH3 is 1. The summed E-state index contributed by atoms with van der Waals surface area (Å²) in [5.74, 6) is -2.20. The molecule has 2 saturated heterocycles. The lowest BCUT2D eigenvalue weighted by Gasteiger charge is -2.25. The molecule has 2 aliphatic rings. The van der Waals surface area contributed by atoms with Crippen LogP contribution in [-0.2, 0) is 23.8 Å². The molecule has 2 fully saturated rings. The molecular weight excluding hydrogens is 434 g/mol. The molecule has 0 bridgehead atoms. The highest BCUT2D eigenvalue weighted by Crippen LogP contribution is 2.38. The maximum absolute atomic E-state index is 13.0. The first-order chi connectivity index (χ1) is 15.5. The molecule has 0 radical (unpaired) electrons. The number of rotatable bonds is 5. The molecule has 2 heterocycles. The van der Waals surface area contributed by atoms with Crippen molar-refractivity contribution in [1.82, 2.24) is 4.90 Å². The quantitative estimate of drug-likeness (QED) is 0.501. The molecule has 4 rings (SSSR count). The standard InChI is InChI=1S/C23H21NO7S/c1-28-22(27)17-18-16(30-21(26)14-8-4-2-5-9-14)12-13-24(18)20(25)19(17)31-23(32)29-15-10-6-3-7-11-15/h2-11,16-19H,12-13H2,1H3/t16-,17-,18-,19+/m1/s1. The van der Waals surface area contributed by atoms with E-state index in [0.717, 1.165) is 0 Å². The van der Waals surface area contributed by atoms with Crippen LogP contribution in [0.4, 0.5) is 0 Å². The van der Waals surface area contributed by atoms with Gasteiger partial charge in [-0.2, -0.15) is 0 Å². The highest BCUT2D eigenvalue weighted by molar-refractivity contribution is 7.79. The molecule has 0 aromatic heterocycles. The van der Waals surface area contributed by atoms with Crippen LogP contribution < -0.4 is 4.74 Å². The summed E-state index contributed by atoms with van der Waals surface area (Å²) in [7, 11) is 1.23. The van der Waals surface area contributed by atoms with E-state index >= 15 is 0 Å². The number of benzene rings is 2. The van der Waals surface area contributed by atoms with Crippen molar-refractivity contribution >= 4 is 35.3 Å². The maximum atomic E-state index is 13.0. The van der Waals surface area contributed by atoms with E-state index in [2.05, 4.69) is 0 Å². The molecular formula is C23H21NO7S. The number of thiocarbonyl (C=S) groups is 1. The summed E-state index contributed by atoms with van der Waals surface area (Å²) in [6.07, 6.45) is -1.52. The summed E-state index contributed by atoms with van der Waals surface area (Å²) in [6.45, 7) is 0.315. The van der Waals surface area contributed by atoms with E-state index in [-0.39, 0.29) is 5.24 Å². The topological polar surface area (TPSA) is 91.4 Å². The van der Waals surface area contributed by atoms with E-state index in [4.69, 9.17) is 31.2 Å². The van der Waals surface area contributed by atoms with Crippen LogP contribution in [0.2, 0.25) is 0 Å². The Bertz CT molecular complexity index is 1010. The highest BCUT2D eigenvalue weighted by atomic mass is 32.1. The van der Waals surface area contributed by atoms with E-state index in [9.17, 15) is 14.4 Å². The largest absolute Gasteiger partial charge is 0.469 e. The minimum atomic E-state index is -1.23. The molecule has 0 aliphatic carbocycles. The molecule has 32 heavy (non-hydrogen) atoms. The van der Waals surface area contributed by atoms with Gasteiger partial charge in [0.2, 0.25) is 0 Å². The third-order valence-corrected chi connectivity index (χ3v) is 5.70. The lowest BCUT2D eigenvalue weighted by Crippen LogP contribution is -2.43. The molecule has 0 saturated carbocycles. The van der Waals surface area contributed by atoms with Crippen molar-refractivity contribution in [2.45, 2.75) is 24.7 Å². The zero-order chi connectivity index (χ0) is 22.7. The van der Waals surface area contributed by atoms with Crippen LogP contribution in [0.25, 0.3) is 0 Å². The molecule has 8 nitrogen and oxygen atoms in total. The summed E-state index contributed by atoms with van der Waals surface area (Å²) in [5.41, 5.74) is 0.384. The number of nitrogens with zero attached hydrogens (tertiary/aromatic N) is 1. The number of carbonyl (C=O) groups is 3. The zero-order valence-electron chi connectivity index (χ0n) is 17.2. The van der Waals surface area contributed by atoms with Gasteiger partial charge in [0.15, 0.2) is 6.10 Å². The van der Waals surface area contributed by atoms with Gasteiger partial charge in [0.05, 0.1) is 18.7 Å². The molecule has 2 aliphatic heterocycles. The van der Waals surface area contributed by atoms with Crippen LogP contribution in [0.3, 0.4) is 0 Å². The second-order valence-electron chi connectivity index (χ2n) is 7.37. The predicted octanol–water partition coefficient (Wildman–Crippen LogP) is 2.36. The monoisotopic (exact) mass is 455 g/mol. The van der Waals surface area contributed by atoms with Crippen molar-refractivity contribution in [3.8, 4) is 5.75 Å². The number of fused-ring (bicyclic) bond motifs is 1. The van der Waals surface area contributed by atoms with E-state index in [1.165, 1.54) is 12.0 Å². The maximum Gasteiger partial charge on any atom is 0.358 e. The van der Waals surface area contributed by atoms with E-state index < -0.39 is 42.0 Å². The zero-order valence-corrected chi connectivity index (χ0v) is 18.0. The molecule has 2 aromatic carbocycles. The van der Waals surface area contributed by atoms with Gasteiger partial charge in [-0.25, -0.2) is 4.79 Å². The average Bonchev–Trinajstić information content (AvgIpc) is 3.33. The molecule has 0 spiro atoms. The molecule has 4 atom stereocenters. The van der Waals surface area contributed by atoms with Gasteiger partial charge in [-0.15, -0.1) is 0 Å². The van der Waals surface area contributed by atoms with Gasteiger partial charge >= 0.3 is 17.2 Å². The van der Waals surface area contributed by atoms with E-state index in [0.29, 0.717) is 24.3 Å². The second-order valence-corrected chi connectivity index (χ2v) is 7.71. The van der Waals surface area contributed by atoms with Crippen LogP contribution in [0.5, 0.6) is 5.75 Å². The smallest absolute Gasteiger partial charge is 0.358 e. The van der Waals surface area contributed by atoms with Crippen molar-refractivity contribution in [3.63, 3.8) is 0 Å². The Morgan fingerprint density at radius 1 is 1.00 bits per heavy atom. The number of carbonyl (C=O) groups excluding carboxylic acids is 3. The molecule has 0 N–H and O–H groups in total. The summed E-state index contributed by atoms with van der Waals surface area (Å²) in [4.78, 5) is 39.7. The van der Waals surface area contributed by atoms with Gasteiger partial charge in [-0.05, 0) is 24.3 Å². The number of esters is 2. The van der Waals surface area contributed by atoms with Crippen molar-refractivity contribution in [1.29, 1.82) is 0 Å². The molecule has 2 aromatic rings. The Morgan fingerprint density at radius 3 is 2.31 bits per heavy atom. The first kappa shape index (κ1) is 21.8. The number of ether oxygens (including phenoxy) is 4. The summed E-state index contributed by atoms with van der Waals surface area (Å²) in [5, 5.41) is -0.289. The second kappa shape index (κ2) is 9.35. The van der Waals surface area contributed by atoms with Crippen molar-refractivity contribution in [3.05, 3.63) is 66.2 Å². The Balaban J connectivity index is 1.52. The fraction of sp³-hybridized carbons (Fsp3) is 0.304. The lowest BCUT2D eigenvalue weighted by molar-refractivity contribution is -0.151. The summed E-state index contributed by atoms with van der Waals surface area (Å²) >= 11 is 5.14. The third-order valence-electron chi connectivity index (χ3n) is 5.52. The van der Waals surface area contributed by atoms with Crippen LogP contribution in [0.15, 0.2) is 60.7 Å². The fourth-order valence-corrected chi connectivity index (χ4v) is 4.31. The highest BCUT2D eigenvalue weighted by Gasteiger charge is 2.60. The first-order valence-electron chi connectivity index (χ1n) is 10.1. The van der Waals surface area contributed by atoms with E-state index in [1.54, 1.807) is 54.6 Å². The SMILES string of the molecule is COC(=O)[C@@H]1[C@H]2[C@H](OC(=O)c3ccccc3)CCN2C(=O)[C@H]1OC(=S)Oc1ccccc1. The molecule has 0 unspecified atom stereocenters. The minimum absolute atomic E-state index is 0.289. The van der Waals surface area contributed by atoms with Crippen molar-refractivity contribution in [2.24, 2.45) is 5.92 Å².